The first-order valence-electron chi connectivity index (χ1n) is 11.1. The molecule has 2 heterocycles. The highest BCUT2D eigenvalue weighted by Gasteiger charge is 2.64. The maximum absolute atomic E-state index is 14.3. The Labute approximate surface area is 186 Å². The lowest BCUT2D eigenvalue weighted by atomic mass is 9.62. The molecular weight excluding hydrogens is 417 g/mol. The molecule has 4 nitrogen and oxygen atoms in total. The van der Waals surface area contributed by atoms with Crippen molar-refractivity contribution >= 4 is 5.91 Å². The molecule has 2 fully saturated rings. The summed E-state index contributed by atoms with van der Waals surface area (Å²) in [5.41, 5.74) is -1.97. The number of carbonyl (C=O) groups excluding carboxylic acids is 1. The van der Waals surface area contributed by atoms with Gasteiger partial charge in [-0.05, 0) is 36.8 Å². The molecule has 2 atom stereocenters. The van der Waals surface area contributed by atoms with E-state index >= 15 is 0 Å². The largest absolute Gasteiger partial charge is 0.430 e. The van der Waals surface area contributed by atoms with Crippen molar-refractivity contribution in [2.75, 3.05) is 33.3 Å². The number of likely N-dealkylation sites (tertiary alicyclic amines) is 1. The van der Waals surface area contributed by atoms with Crippen molar-refractivity contribution in [3.63, 3.8) is 0 Å². The smallest absolute Gasteiger partial charge is 0.356 e. The third-order valence-electron chi connectivity index (χ3n) is 7.32. The molecule has 0 saturated carbocycles. The zero-order chi connectivity index (χ0) is 22.8. The zero-order valence-electron chi connectivity index (χ0n) is 18.2. The molecule has 2 aromatic carbocycles. The molecule has 32 heavy (non-hydrogen) atoms. The minimum atomic E-state index is -4.88. The lowest BCUT2D eigenvalue weighted by Gasteiger charge is -2.50. The lowest BCUT2D eigenvalue weighted by molar-refractivity contribution is -0.271. The van der Waals surface area contributed by atoms with E-state index in [1.807, 2.05) is 18.2 Å². The van der Waals surface area contributed by atoms with Gasteiger partial charge in [-0.15, -0.1) is 0 Å². The summed E-state index contributed by atoms with van der Waals surface area (Å²) < 4.78 is 48.0. The van der Waals surface area contributed by atoms with Gasteiger partial charge in [0, 0.05) is 38.2 Å². The Balaban J connectivity index is 1.59. The van der Waals surface area contributed by atoms with E-state index < -0.39 is 17.7 Å². The topological polar surface area (TPSA) is 41.6 Å². The van der Waals surface area contributed by atoms with Gasteiger partial charge in [0.05, 0.1) is 0 Å². The number of hydrogen-bond donors (Lipinski definition) is 1. The molecule has 7 heteroatoms. The van der Waals surface area contributed by atoms with Crippen LogP contribution in [0.4, 0.5) is 13.2 Å². The summed E-state index contributed by atoms with van der Waals surface area (Å²) in [6, 6.07) is 17.5. The Morgan fingerprint density at radius 2 is 1.59 bits per heavy atom. The number of rotatable bonds is 4. The van der Waals surface area contributed by atoms with Crippen LogP contribution in [0.2, 0.25) is 0 Å². The van der Waals surface area contributed by atoms with Gasteiger partial charge >= 0.3 is 6.18 Å². The number of methoxy groups -OCH3 is 1. The molecule has 0 radical (unpaired) electrons. The number of halogens is 3. The molecule has 0 aliphatic carbocycles. The summed E-state index contributed by atoms with van der Waals surface area (Å²) in [7, 11) is 0.960. The molecule has 2 aromatic rings. The van der Waals surface area contributed by atoms with Crippen molar-refractivity contribution in [3.8, 4) is 0 Å². The van der Waals surface area contributed by atoms with Crippen LogP contribution in [-0.4, -0.2) is 50.3 Å². The molecule has 1 amide bonds. The van der Waals surface area contributed by atoms with Crippen LogP contribution in [0, 0.1) is 5.41 Å². The minimum absolute atomic E-state index is 0.0237. The second kappa shape index (κ2) is 8.87. The van der Waals surface area contributed by atoms with E-state index in [-0.39, 0.29) is 30.0 Å². The van der Waals surface area contributed by atoms with Crippen LogP contribution in [0.1, 0.15) is 36.3 Å². The fraction of sp³-hybridized carbons (Fsp3) is 0.480. The van der Waals surface area contributed by atoms with E-state index in [1.165, 1.54) is 34.7 Å². The summed E-state index contributed by atoms with van der Waals surface area (Å²) in [5, 5.41) is 3.46. The van der Waals surface area contributed by atoms with E-state index in [1.54, 1.807) is 6.07 Å². The molecule has 172 valence electrons. The van der Waals surface area contributed by atoms with Gasteiger partial charge in [-0.3, -0.25) is 4.79 Å². The second-order valence-corrected chi connectivity index (χ2v) is 8.82. The van der Waals surface area contributed by atoms with Crippen LogP contribution in [-0.2, 0) is 15.1 Å². The number of ether oxygens (including phenoxy) is 1. The third kappa shape index (κ3) is 3.82. The molecule has 0 unspecified atom stereocenters. The standard InChI is InChI=1S/C25H29F3N2O2/c1-32-24(25(26,27)28,20-10-6-3-7-11-20)22(31)30-16-13-23(14-17-30)12-15-29-18-21(23)19-8-4-2-5-9-19/h2-11,21,29H,12-18H2,1H3/t21-,24-/m1/s1. The maximum Gasteiger partial charge on any atom is 0.430 e. The molecule has 0 bridgehead atoms. The van der Waals surface area contributed by atoms with Gasteiger partial charge in [-0.1, -0.05) is 60.7 Å². The van der Waals surface area contributed by atoms with Gasteiger partial charge < -0.3 is 15.0 Å². The van der Waals surface area contributed by atoms with Crippen LogP contribution >= 0.6 is 0 Å². The number of benzene rings is 2. The molecule has 2 aliphatic rings. The van der Waals surface area contributed by atoms with Crippen molar-refractivity contribution in [2.24, 2.45) is 5.41 Å². The molecule has 4 rings (SSSR count). The first-order valence-corrected chi connectivity index (χ1v) is 11.1. The number of amides is 1. The van der Waals surface area contributed by atoms with Gasteiger partial charge in [0.1, 0.15) is 0 Å². The fourth-order valence-electron chi connectivity index (χ4n) is 5.51. The Morgan fingerprint density at radius 3 is 2.16 bits per heavy atom. The van der Waals surface area contributed by atoms with Crippen molar-refractivity contribution in [2.45, 2.75) is 37.0 Å². The van der Waals surface area contributed by atoms with Gasteiger partial charge in [0.2, 0.25) is 0 Å². The highest BCUT2D eigenvalue weighted by Crippen LogP contribution is 2.50. The first kappa shape index (κ1) is 22.8. The van der Waals surface area contributed by atoms with Crippen molar-refractivity contribution in [1.82, 2.24) is 10.2 Å². The molecule has 1 N–H and O–H groups in total. The maximum atomic E-state index is 14.3. The Bertz CT molecular complexity index is 912. The van der Waals surface area contributed by atoms with Gasteiger partial charge in [-0.25, -0.2) is 0 Å². The van der Waals surface area contributed by atoms with Crippen LogP contribution in [0.5, 0.6) is 0 Å². The number of alkyl halides is 3. The van der Waals surface area contributed by atoms with E-state index in [2.05, 4.69) is 17.4 Å². The predicted molar refractivity (Wildman–Crippen MR) is 116 cm³/mol. The van der Waals surface area contributed by atoms with Crippen LogP contribution in [0.25, 0.3) is 0 Å². The molecule has 2 saturated heterocycles. The second-order valence-electron chi connectivity index (χ2n) is 8.82. The quantitative estimate of drug-likeness (QED) is 0.753. The zero-order valence-corrected chi connectivity index (χ0v) is 18.2. The Morgan fingerprint density at radius 1 is 1.00 bits per heavy atom. The average molecular weight is 447 g/mol. The molecule has 2 aliphatic heterocycles. The summed E-state index contributed by atoms with van der Waals surface area (Å²) in [6.45, 7) is 2.30. The van der Waals surface area contributed by atoms with Crippen LogP contribution in [0.15, 0.2) is 60.7 Å². The Kier molecular flexibility index (Phi) is 6.32. The van der Waals surface area contributed by atoms with Crippen molar-refractivity contribution in [1.29, 1.82) is 0 Å². The predicted octanol–water partition coefficient (Wildman–Crippen LogP) is 4.48. The van der Waals surface area contributed by atoms with Crippen molar-refractivity contribution < 1.29 is 22.7 Å². The SMILES string of the molecule is CO[C@@](C(=O)N1CCC2(CCNC[C@@H]2c2ccccc2)CC1)(c1ccccc1)C(F)(F)F. The van der Waals surface area contributed by atoms with Gasteiger partial charge in [-0.2, -0.15) is 13.2 Å². The Hall–Kier alpha value is -2.38. The number of nitrogens with one attached hydrogen (secondary N) is 1. The third-order valence-corrected chi connectivity index (χ3v) is 7.32. The van der Waals surface area contributed by atoms with Crippen LogP contribution < -0.4 is 5.32 Å². The van der Waals surface area contributed by atoms with Gasteiger partial charge in [0.25, 0.3) is 11.5 Å². The summed E-state index contributed by atoms with van der Waals surface area (Å²) in [4.78, 5) is 14.7. The highest BCUT2D eigenvalue weighted by molar-refractivity contribution is 5.88. The molecule has 0 aromatic heterocycles. The summed E-state index contributed by atoms with van der Waals surface area (Å²) in [5.74, 6) is -0.752. The molecule has 1 spiro atoms. The van der Waals surface area contributed by atoms with E-state index in [4.69, 9.17) is 4.74 Å². The summed E-state index contributed by atoms with van der Waals surface area (Å²) in [6.07, 6.45) is -2.59. The number of nitrogens with zero attached hydrogens (tertiary/aromatic N) is 1. The van der Waals surface area contributed by atoms with Gasteiger partial charge in [0.15, 0.2) is 0 Å². The normalized spacial score (nSPS) is 23.0. The fourth-order valence-corrected chi connectivity index (χ4v) is 5.51. The van der Waals surface area contributed by atoms with E-state index in [9.17, 15) is 18.0 Å². The average Bonchev–Trinajstić information content (AvgIpc) is 2.81. The number of hydrogen-bond acceptors (Lipinski definition) is 3. The minimum Gasteiger partial charge on any atom is -0.356 e. The van der Waals surface area contributed by atoms with Crippen LogP contribution in [0.3, 0.4) is 0 Å². The summed E-state index contributed by atoms with van der Waals surface area (Å²) >= 11 is 0. The number of carbonyl (C=O) groups is 1. The monoisotopic (exact) mass is 446 g/mol. The van der Waals surface area contributed by atoms with Crippen molar-refractivity contribution in [3.05, 3.63) is 71.8 Å². The molecular formula is C25H29F3N2O2. The lowest BCUT2D eigenvalue weighted by Crippen LogP contribution is -2.59. The first-order chi connectivity index (χ1) is 15.3. The number of piperidine rings is 2. The van der Waals surface area contributed by atoms with E-state index in [0.717, 1.165) is 26.6 Å². The highest BCUT2D eigenvalue weighted by atomic mass is 19.4. The van der Waals surface area contributed by atoms with E-state index in [0.29, 0.717) is 12.8 Å².